The average molecular weight is 379 g/mol. The monoisotopic (exact) mass is 378 g/mol. The highest BCUT2D eigenvalue weighted by Crippen LogP contribution is 2.04. The summed E-state index contributed by atoms with van der Waals surface area (Å²) in [5.41, 5.74) is 0. The molecule has 0 aromatic carbocycles. The third kappa shape index (κ3) is 17.2. The van der Waals surface area contributed by atoms with Crippen LogP contribution >= 0.6 is 0 Å². The Morgan fingerprint density at radius 1 is 0.852 bits per heavy atom. The van der Waals surface area contributed by atoms with E-state index in [0.717, 1.165) is 0 Å². The number of hydrogen-bond donors (Lipinski definition) is 3. The van der Waals surface area contributed by atoms with Crippen molar-refractivity contribution in [3.63, 3.8) is 0 Å². The molecule has 0 amide bonds. The van der Waals surface area contributed by atoms with Crippen molar-refractivity contribution in [2.75, 3.05) is 6.61 Å². The maximum absolute atomic E-state index is 11.2. The van der Waals surface area contributed by atoms with Gasteiger partial charge in [-0.25, -0.2) is 0 Å². The van der Waals surface area contributed by atoms with Gasteiger partial charge in [-0.05, 0) is 32.6 Å². The smallest absolute Gasteiger partial charge is 0.305 e. The molecule has 0 aliphatic rings. The molecule has 152 valence electrons. The average Bonchev–Trinajstić information content (AvgIpc) is 2.64. The SMILES string of the molecule is CCOC(=O)CCC[C@H](O)\C=C/C=C/C=C/[C@H](O)C/C=C\C=C\[C@H](O)CC. The van der Waals surface area contributed by atoms with E-state index in [1.165, 1.54) is 0 Å². The fourth-order valence-corrected chi connectivity index (χ4v) is 2.00. The fraction of sp³-hybridized carbons (Fsp3) is 0.500. The lowest BCUT2D eigenvalue weighted by molar-refractivity contribution is -0.143. The van der Waals surface area contributed by atoms with Crippen LogP contribution in [0.5, 0.6) is 0 Å². The number of carbonyl (C=O) groups is 1. The molecule has 0 aromatic rings. The van der Waals surface area contributed by atoms with E-state index < -0.39 is 18.3 Å². The van der Waals surface area contributed by atoms with Crippen molar-refractivity contribution >= 4 is 5.97 Å². The lowest BCUT2D eigenvalue weighted by Crippen LogP contribution is -2.07. The van der Waals surface area contributed by atoms with Gasteiger partial charge in [-0.2, -0.15) is 0 Å². The molecule has 0 fully saturated rings. The summed E-state index contributed by atoms with van der Waals surface area (Å²) in [6, 6.07) is 0. The second-order valence-electron chi connectivity index (χ2n) is 6.01. The van der Waals surface area contributed by atoms with Crippen molar-refractivity contribution in [1.29, 1.82) is 0 Å². The molecule has 0 aromatic heterocycles. The number of aliphatic hydroxyl groups excluding tert-OH is 3. The van der Waals surface area contributed by atoms with Crippen molar-refractivity contribution in [2.24, 2.45) is 0 Å². The molecule has 0 spiro atoms. The minimum atomic E-state index is -0.594. The number of hydrogen-bond acceptors (Lipinski definition) is 5. The number of ether oxygens (including phenoxy) is 1. The van der Waals surface area contributed by atoms with Gasteiger partial charge in [-0.3, -0.25) is 4.79 Å². The molecular weight excluding hydrogens is 344 g/mol. The van der Waals surface area contributed by atoms with E-state index in [0.29, 0.717) is 38.7 Å². The summed E-state index contributed by atoms with van der Waals surface area (Å²) < 4.78 is 4.82. The lowest BCUT2D eigenvalue weighted by Gasteiger charge is -2.04. The molecule has 0 saturated heterocycles. The highest BCUT2D eigenvalue weighted by atomic mass is 16.5. The van der Waals surface area contributed by atoms with Gasteiger partial charge < -0.3 is 20.1 Å². The highest BCUT2D eigenvalue weighted by Gasteiger charge is 2.03. The molecule has 5 nitrogen and oxygen atoms in total. The van der Waals surface area contributed by atoms with Crippen LogP contribution < -0.4 is 0 Å². The zero-order valence-corrected chi connectivity index (χ0v) is 16.4. The maximum Gasteiger partial charge on any atom is 0.305 e. The Balaban J connectivity index is 3.95. The standard InChI is InChI=1S/C22H34O5/c1-3-19(23)13-10-7-11-16-20(24)14-8-5-6-9-15-21(25)17-12-18-22(26)27-4-2/h5-11,13-15,19-21,23-25H,3-4,12,16-18H2,1-2H3/b6-5+,11-7-,13-10+,14-8+,15-9-/t19-,20+,21-/m1/s1. The van der Waals surface area contributed by atoms with E-state index in [1.54, 1.807) is 61.6 Å². The summed E-state index contributed by atoms with van der Waals surface area (Å²) in [7, 11) is 0. The Morgan fingerprint density at radius 3 is 2.07 bits per heavy atom. The molecular formula is C22H34O5. The normalized spacial score (nSPS) is 16.2. The van der Waals surface area contributed by atoms with Crippen LogP contribution in [0.2, 0.25) is 0 Å². The van der Waals surface area contributed by atoms with E-state index in [-0.39, 0.29) is 5.97 Å². The van der Waals surface area contributed by atoms with Gasteiger partial charge in [-0.15, -0.1) is 0 Å². The van der Waals surface area contributed by atoms with Crippen LogP contribution in [0.25, 0.3) is 0 Å². The molecule has 0 aliphatic heterocycles. The van der Waals surface area contributed by atoms with Gasteiger partial charge in [0.05, 0.1) is 24.9 Å². The number of allylic oxidation sites excluding steroid dienone is 6. The van der Waals surface area contributed by atoms with Crippen molar-refractivity contribution in [3.8, 4) is 0 Å². The van der Waals surface area contributed by atoms with Gasteiger partial charge in [0.1, 0.15) is 0 Å². The summed E-state index contributed by atoms with van der Waals surface area (Å²) in [5, 5.41) is 28.9. The third-order valence-corrected chi connectivity index (χ3v) is 3.56. The van der Waals surface area contributed by atoms with Crippen LogP contribution in [0, 0.1) is 0 Å². The molecule has 3 N–H and O–H groups in total. The molecule has 0 bridgehead atoms. The van der Waals surface area contributed by atoms with Crippen LogP contribution in [-0.2, 0) is 9.53 Å². The Kier molecular flexibility index (Phi) is 16.2. The van der Waals surface area contributed by atoms with E-state index in [2.05, 4.69) is 0 Å². The first-order chi connectivity index (χ1) is 13.0. The quantitative estimate of drug-likeness (QED) is 0.319. The van der Waals surface area contributed by atoms with Gasteiger partial charge in [0.2, 0.25) is 0 Å². The molecule has 0 unspecified atom stereocenters. The van der Waals surface area contributed by atoms with E-state index in [9.17, 15) is 20.1 Å². The maximum atomic E-state index is 11.2. The number of rotatable bonds is 14. The van der Waals surface area contributed by atoms with Crippen molar-refractivity contribution < 1.29 is 24.9 Å². The van der Waals surface area contributed by atoms with Crippen molar-refractivity contribution in [2.45, 2.75) is 64.3 Å². The van der Waals surface area contributed by atoms with Gasteiger partial charge in [0, 0.05) is 6.42 Å². The molecule has 3 atom stereocenters. The minimum Gasteiger partial charge on any atom is -0.466 e. The predicted octanol–water partition coefficient (Wildman–Crippen LogP) is 3.38. The Morgan fingerprint density at radius 2 is 1.44 bits per heavy atom. The summed E-state index contributed by atoms with van der Waals surface area (Å²) in [6.45, 7) is 4.05. The summed E-state index contributed by atoms with van der Waals surface area (Å²) in [6.07, 6.45) is 18.5. The van der Waals surface area contributed by atoms with Crippen LogP contribution in [-0.4, -0.2) is 46.2 Å². The second kappa shape index (κ2) is 17.5. The third-order valence-electron chi connectivity index (χ3n) is 3.56. The second-order valence-corrected chi connectivity index (χ2v) is 6.01. The first-order valence-corrected chi connectivity index (χ1v) is 9.54. The minimum absolute atomic E-state index is 0.235. The summed E-state index contributed by atoms with van der Waals surface area (Å²) in [4.78, 5) is 11.2. The first kappa shape index (κ1) is 25.1. The molecule has 0 rings (SSSR count). The molecule has 27 heavy (non-hydrogen) atoms. The topological polar surface area (TPSA) is 87.0 Å². The van der Waals surface area contributed by atoms with Crippen molar-refractivity contribution in [1.82, 2.24) is 0 Å². The van der Waals surface area contributed by atoms with Crippen molar-refractivity contribution in [3.05, 3.63) is 60.8 Å². The zero-order chi connectivity index (χ0) is 20.3. The number of carbonyl (C=O) groups excluding carboxylic acids is 1. The van der Waals surface area contributed by atoms with E-state index in [1.807, 2.05) is 13.0 Å². The number of aliphatic hydroxyl groups is 3. The fourth-order valence-electron chi connectivity index (χ4n) is 2.00. The first-order valence-electron chi connectivity index (χ1n) is 9.54. The Bertz CT molecular complexity index is 517. The van der Waals surface area contributed by atoms with Crippen LogP contribution in [0.4, 0.5) is 0 Å². The van der Waals surface area contributed by atoms with Crippen LogP contribution in [0.3, 0.4) is 0 Å². The number of esters is 1. The van der Waals surface area contributed by atoms with Gasteiger partial charge >= 0.3 is 5.97 Å². The lowest BCUT2D eigenvalue weighted by atomic mass is 10.1. The van der Waals surface area contributed by atoms with Crippen LogP contribution in [0.15, 0.2) is 60.8 Å². The molecule has 0 aliphatic carbocycles. The predicted molar refractivity (Wildman–Crippen MR) is 109 cm³/mol. The van der Waals surface area contributed by atoms with Gasteiger partial charge in [-0.1, -0.05) is 67.7 Å². The largest absolute Gasteiger partial charge is 0.466 e. The van der Waals surface area contributed by atoms with Crippen LogP contribution in [0.1, 0.15) is 46.0 Å². The van der Waals surface area contributed by atoms with E-state index >= 15 is 0 Å². The Labute approximate surface area is 163 Å². The molecule has 0 saturated carbocycles. The van der Waals surface area contributed by atoms with Gasteiger partial charge in [0.15, 0.2) is 0 Å². The zero-order valence-electron chi connectivity index (χ0n) is 16.4. The molecule has 0 radical (unpaired) electrons. The summed E-state index contributed by atoms with van der Waals surface area (Å²) in [5.74, 6) is -0.235. The van der Waals surface area contributed by atoms with Gasteiger partial charge in [0.25, 0.3) is 0 Å². The highest BCUT2D eigenvalue weighted by molar-refractivity contribution is 5.69. The van der Waals surface area contributed by atoms with E-state index in [4.69, 9.17) is 4.74 Å². The Hall–Kier alpha value is -1.95. The summed E-state index contributed by atoms with van der Waals surface area (Å²) >= 11 is 0. The molecule has 5 heteroatoms. The molecule has 0 heterocycles.